The zero-order valence-corrected chi connectivity index (χ0v) is 8.98. The van der Waals surface area contributed by atoms with Crippen LogP contribution in [-0.4, -0.2) is 29.9 Å². The van der Waals surface area contributed by atoms with Gasteiger partial charge < -0.3 is 9.97 Å². The van der Waals surface area contributed by atoms with Gasteiger partial charge in [-0.15, -0.1) is 0 Å². The summed E-state index contributed by atoms with van der Waals surface area (Å²) in [6.45, 7) is 0. The van der Waals surface area contributed by atoms with Gasteiger partial charge in [-0.05, 0) is 6.07 Å². The van der Waals surface area contributed by atoms with Gasteiger partial charge >= 0.3 is 0 Å². The molecular weight excluding hydrogens is 224 g/mol. The molecule has 0 unspecified atom stereocenters. The summed E-state index contributed by atoms with van der Waals surface area (Å²) < 4.78 is 0.547. The van der Waals surface area contributed by atoms with E-state index in [4.69, 9.17) is 12.2 Å². The average molecular weight is 232 g/mol. The second-order valence-corrected chi connectivity index (χ2v) is 3.12. The molecule has 3 heterocycles. The quantitative estimate of drug-likeness (QED) is 0.574. The standard InChI is InChI=1S/C5H4N4S.C4H4N2/c10-5-3-4(7-1-6-3)8-2-9-5;1-2-5-4-6-3-1/h1-2H,(H2,6,7,8,9,10);1-4H. The summed E-state index contributed by atoms with van der Waals surface area (Å²) in [6, 6.07) is 1.78. The molecule has 2 N–H and O–H groups in total. The average Bonchev–Trinajstić information content (AvgIpc) is 2.82. The molecule has 0 amide bonds. The van der Waals surface area contributed by atoms with Gasteiger partial charge in [0.2, 0.25) is 0 Å². The van der Waals surface area contributed by atoms with Crippen molar-refractivity contribution in [2.45, 2.75) is 0 Å². The van der Waals surface area contributed by atoms with E-state index >= 15 is 0 Å². The predicted molar refractivity (Wildman–Crippen MR) is 61.1 cm³/mol. The van der Waals surface area contributed by atoms with Crippen molar-refractivity contribution in [3.63, 3.8) is 0 Å². The van der Waals surface area contributed by atoms with Crippen LogP contribution >= 0.6 is 12.2 Å². The Kier molecular flexibility index (Phi) is 3.29. The van der Waals surface area contributed by atoms with E-state index in [9.17, 15) is 0 Å². The molecule has 0 saturated carbocycles. The first-order chi connectivity index (χ1) is 7.88. The third kappa shape index (κ3) is 2.45. The number of aromatic nitrogens is 6. The Morgan fingerprint density at radius 3 is 2.31 bits per heavy atom. The predicted octanol–water partition coefficient (Wildman–Crippen LogP) is 1.49. The smallest absolute Gasteiger partial charge is 0.159 e. The van der Waals surface area contributed by atoms with Crippen molar-refractivity contribution in [1.29, 1.82) is 0 Å². The van der Waals surface area contributed by atoms with E-state index in [0.29, 0.717) is 4.64 Å². The van der Waals surface area contributed by atoms with Gasteiger partial charge in [0.05, 0.1) is 12.7 Å². The Morgan fingerprint density at radius 1 is 1.00 bits per heavy atom. The summed E-state index contributed by atoms with van der Waals surface area (Å²) in [6.07, 6.45) is 7.99. The lowest BCUT2D eigenvalue weighted by Crippen LogP contribution is -1.80. The van der Waals surface area contributed by atoms with Crippen LogP contribution in [0.1, 0.15) is 0 Å². The SMILES string of the molecule is S=c1nc[nH]c2nc[nH]c12.c1cncnc1. The molecular formula is C9H8N6S. The highest BCUT2D eigenvalue weighted by atomic mass is 32.1. The number of hydrogen-bond acceptors (Lipinski definition) is 5. The molecule has 16 heavy (non-hydrogen) atoms. The third-order valence-corrected chi connectivity index (χ3v) is 2.02. The molecule has 0 aliphatic rings. The highest BCUT2D eigenvalue weighted by molar-refractivity contribution is 7.71. The second kappa shape index (κ2) is 5.08. The molecule has 80 valence electrons. The number of fused-ring (bicyclic) bond motifs is 1. The van der Waals surface area contributed by atoms with Crippen LogP contribution in [0.2, 0.25) is 0 Å². The van der Waals surface area contributed by atoms with Gasteiger partial charge in [-0.2, -0.15) is 0 Å². The highest BCUT2D eigenvalue weighted by Crippen LogP contribution is 2.02. The van der Waals surface area contributed by atoms with Crippen molar-refractivity contribution in [2.75, 3.05) is 0 Å². The highest BCUT2D eigenvalue weighted by Gasteiger charge is 1.94. The lowest BCUT2D eigenvalue weighted by atomic mass is 10.6. The maximum atomic E-state index is 4.91. The Morgan fingerprint density at radius 2 is 1.75 bits per heavy atom. The van der Waals surface area contributed by atoms with Crippen molar-refractivity contribution in [3.8, 4) is 0 Å². The molecule has 0 atom stereocenters. The fraction of sp³-hybridized carbons (Fsp3) is 0. The van der Waals surface area contributed by atoms with Gasteiger partial charge in [0.1, 0.15) is 11.8 Å². The minimum absolute atomic E-state index is 0.547. The van der Waals surface area contributed by atoms with Gasteiger partial charge in [0.25, 0.3) is 0 Å². The molecule has 0 spiro atoms. The van der Waals surface area contributed by atoms with Gasteiger partial charge in [-0.1, -0.05) is 12.2 Å². The first-order valence-electron chi connectivity index (χ1n) is 4.44. The minimum Gasteiger partial charge on any atom is -0.341 e. The summed E-state index contributed by atoms with van der Waals surface area (Å²) >= 11 is 4.91. The first-order valence-corrected chi connectivity index (χ1v) is 4.85. The number of rotatable bonds is 0. The zero-order valence-electron chi connectivity index (χ0n) is 8.16. The number of H-pyrrole nitrogens is 2. The van der Waals surface area contributed by atoms with E-state index in [1.165, 1.54) is 12.7 Å². The third-order valence-electron chi connectivity index (χ3n) is 1.71. The van der Waals surface area contributed by atoms with E-state index in [0.717, 1.165) is 11.2 Å². The van der Waals surface area contributed by atoms with E-state index in [1.54, 1.807) is 24.8 Å². The number of nitrogens with zero attached hydrogens (tertiary/aromatic N) is 4. The fourth-order valence-corrected chi connectivity index (χ4v) is 1.24. The van der Waals surface area contributed by atoms with E-state index < -0.39 is 0 Å². The fourth-order valence-electron chi connectivity index (χ4n) is 1.04. The molecule has 7 heteroatoms. The molecule has 3 rings (SSSR count). The lowest BCUT2D eigenvalue weighted by molar-refractivity contribution is 1.17. The molecule has 6 nitrogen and oxygen atoms in total. The molecule has 3 aromatic heterocycles. The van der Waals surface area contributed by atoms with Crippen molar-refractivity contribution in [2.24, 2.45) is 0 Å². The van der Waals surface area contributed by atoms with Gasteiger partial charge in [-0.3, -0.25) is 0 Å². The Balaban J connectivity index is 0.000000138. The van der Waals surface area contributed by atoms with Gasteiger partial charge in [-0.25, -0.2) is 19.9 Å². The van der Waals surface area contributed by atoms with Crippen LogP contribution in [0.15, 0.2) is 37.4 Å². The van der Waals surface area contributed by atoms with Gasteiger partial charge in [0, 0.05) is 12.4 Å². The molecule has 0 aromatic carbocycles. The number of imidazole rings is 1. The van der Waals surface area contributed by atoms with Crippen molar-refractivity contribution < 1.29 is 0 Å². The Labute approximate surface area is 95.8 Å². The normalized spacial score (nSPS) is 9.50. The maximum absolute atomic E-state index is 4.91. The summed E-state index contributed by atoms with van der Waals surface area (Å²) in [4.78, 5) is 20.9. The molecule has 0 fully saturated rings. The van der Waals surface area contributed by atoms with Crippen LogP contribution in [0.4, 0.5) is 0 Å². The number of hydrogen-bond donors (Lipinski definition) is 2. The van der Waals surface area contributed by atoms with Crippen molar-refractivity contribution in [1.82, 2.24) is 29.9 Å². The summed E-state index contributed by atoms with van der Waals surface area (Å²) in [7, 11) is 0. The van der Waals surface area contributed by atoms with E-state index in [2.05, 4.69) is 29.9 Å². The molecule has 0 bridgehead atoms. The van der Waals surface area contributed by atoms with Gasteiger partial charge in [0.15, 0.2) is 10.3 Å². The minimum atomic E-state index is 0.547. The summed E-state index contributed by atoms with van der Waals surface area (Å²) in [5.41, 5.74) is 1.54. The second-order valence-electron chi connectivity index (χ2n) is 2.74. The summed E-state index contributed by atoms with van der Waals surface area (Å²) in [5.74, 6) is 0. The molecule has 0 saturated heterocycles. The topological polar surface area (TPSA) is 83.1 Å². The van der Waals surface area contributed by atoms with Crippen molar-refractivity contribution in [3.05, 3.63) is 42.1 Å². The zero-order chi connectivity index (χ0) is 11.2. The molecule has 0 aliphatic heterocycles. The lowest BCUT2D eigenvalue weighted by Gasteiger charge is -1.84. The van der Waals surface area contributed by atoms with E-state index in [-0.39, 0.29) is 0 Å². The van der Waals surface area contributed by atoms with Crippen LogP contribution in [-0.2, 0) is 0 Å². The van der Waals surface area contributed by atoms with Crippen LogP contribution in [0.5, 0.6) is 0 Å². The number of aromatic amines is 2. The Hall–Kier alpha value is -2.15. The molecule has 0 aliphatic carbocycles. The van der Waals surface area contributed by atoms with Crippen LogP contribution in [0.3, 0.4) is 0 Å². The monoisotopic (exact) mass is 232 g/mol. The molecule has 0 radical (unpaired) electrons. The van der Waals surface area contributed by atoms with Crippen LogP contribution < -0.4 is 0 Å². The molecule has 3 aromatic rings. The van der Waals surface area contributed by atoms with Crippen molar-refractivity contribution >= 4 is 23.4 Å². The first kappa shape index (κ1) is 10.4. The summed E-state index contributed by atoms with van der Waals surface area (Å²) in [5, 5.41) is 0. The Bertz CT molecular complexity index is 575. The van der Waals surface area contributed by atoms with E-state index in [1.807, 2.05) is 0 Å². The maximum Gasteiger partial charge on any atom is 0.159 e. The van der Waals surface area contributed by atoms with Crippen LogP contribution in [0, 0.1) is 4.64 Å². The number of nitrogens with one attached hydrogen (secondary N) is 2. The van der Waals surface area contributed by atoms with Crippen LogP contribution in [0.25, 0.3) is 11.2 Å². The largest absolute Gasteiger partial charge is 0.341 e.